The third-order valence-corrected chi connectivity index (χ3v) is 0.550. The summed E-state index contributed by atoms with van der Waals surface area (Å²) >= 11 is 0. The second kappa shape index (κ2) is 5.03. The number of rotatable bonds is 3. The Balaban J connectivity index is 0. The van der Waals surface area contributed by atoms with Crippen molar-refractivity contribution in [2.75, 3.05) is 0 Å². The second-order valence-corrected chi connectivity index (χ2v) is 1.30. The largest absolute Gasteiger partial charge is 0.481 e. The molecule has 0 atom stereocenters. The van der Waals surface area contributed by atoms with Crippen LogP contribution in [0.25, 0.3) is 0 Å². The summed E-state index contributed by atoms with van der Waals surface area (Å²) in [4.78, 5) is 29.2. The van der Waals surface area contributed by atoms with Gasteiger partial charge in [0, 0.05) is 18.9 Å². The molecule has 10 heavy (non-hydrogen) atoms. The minimum Gasteiger partial charge on any atom is -0.481 e. The van der Waals surface area contributed by atoms with E-state index in [2.05, 4.69) is 0 Å². The van der Waals surface area contributed by atoms with Crippen LogP contribution >= 0.6 is 0 Å². The Hall–Kier alpha value is -0.793. The van der Waals surface area contributed by atoms with Gasteiger partial charge in [-0.1, -0.05) is 0 Å². The van der Waals surface area contributed by atoms with Gasteiger partial charge in [0.25, 0.3) is 5.78 Å². The Morgan fingerprint density at radius 1 is 1.10 bits per heavy atom. The minimum atomic E-state index is -1.71. The molecule has 0 aromatic heterocycles. The van der Waals surface area contributed by atoms with Crippen molar-refractivity contribution in [1.29, 1.82) is 0 Å². The number of hydrogen-bond acceptors (Lipinski definition) is 3. The summed E-state index contributed by atoms with van der Waals surface area (Å²) in [5, 5.41) is 15.7. The SMILES string of the molecule is O=C(O)CC(=O)C(=O)O.[Li]. The first-order valence-electron chi connectivity index (χ1n) is 2.02. The molecule has 51 valence electrons. The number of Topliss-reactive ketones (excluding diaryl/α,β-unsaturated/α-hetero) is 1. The van der Waals surface area contributed by atoms with Gasteiger partial charge in [0.2, 0.25) is 0 Å². The molecule has 1 radical (unpaired) electrons. The predicted molar refractivity (Wildman–Crippen MR) is 30.6 cm³/mol. The van der Waals surface area contributed by atoms with E-state index in [4.69, 9.17) is 10.2 Å². The zero-order valence-electron chi connectivity index (χ0n) is 5.33. The van der Waals surface area contributed by atoms with Crippen molar-refractivity contribution in [1.82, 2.24) is 0 Å². The van der Waals surface area contributed by atoms with Gasteiger partial charge in [-0.05, 0) is 0 Å². The van der Waals surface area contributed by atoms with Crippen molar-refractivity contribution in [2.45, 2.75) is 6.42 Å². The maximum Gasteiger partial charge on any atom is 0.372 e. The molecule has 0 aliphatic carbocycles. The molecule has 2 N–H and O–H groups in total. The van der Waals surface area contributed by atoms with Crippen LogP contribution in [0.4, 0.5) is 0 Å². The molecule has 0 bridgehead atoms. The third kappa shape index (κ3) is 5.35. The molecule has 0 rings (SSSR count). The summed E-state index contributed by atoms with van der Waals surface area (Å²) in [7, 11) is 0. The Morgan fingerprint density at radius 2 is 1.50 bits per heavy atom. The Kier molecular flexibility index (Phi) is 6.00. The number of hydrogen-bond donors (Lipinski definition) is 2. The topological polar surface area (TPSA) is 91.7 Å². The monoisotopic (exact) mass is 139 g/mol. The summed E-state index contributed by atoms with van der Waals surface area (Å²) < 4.78 is 0. The number of carbonyl (C=O) groups is 3. The fraction of sp³-hybridized carbons (Fsp3) is 0.250. The second-order valence-electron chi connectivity index (χ2n) is 1.30. The van der Waals surface area contributed by atoms with Gasteiger partial charge in [0.15, 0.2) is 0 Å². The standard InChI is InChI=1S/C4H4O5.Li/c5-2(4(8)9)1-3(6)7;/h1H2,(H,6,7)(H,8,9);. The van der Waals surface area contributed by atoms with Gasteiger partial charge in [-0.25, -0.2) is 4.79 Å². The summed E-state index contributed by atoms with van der Waals surface area (Å²) in [5.41, 5.74) is 0. The average molecular weight is 139 g/mol. The summed E-state index contributed by atoms with van der Waals surface area (Å²) in [5.74, 6) is -4.44. The van der Waals surface area contributed by atoms with E-state index in [0.29, 0.717) is 0 Å². The van der Waals surface area contributed by atoms with Crippen LogP contribution in [-0.4, -0.2) is 46.8 Å². The van der Waals surface area contributed by atoms with E-state index in [0.717, 1.165) is 0 Å². The van der Waals surface area contributed by atoms with E-state index in [1.807, 2.05) is 0 Å². The Bertz CT molecular complexity index is 163. The molecule has 0 aliphatic rings. The number of carbonyl (C=O) groups excluding carboxylic acids is 1. The van der Waals surface area contributed by atoms with Crippen LogP contribution in [0.5, 0.6) is 0 Å². The van der Waals surface area contributed by atoms with Crippen LogP contribution in [0.1, 0.15) is 6.42 Å². The minimum absolute atomic E-state index is 0. The van der Waals surface area contributed by atoms with Gasteiger partial charge < -0.3 is 10.2 Å². The molecule has 6 heteroatoms. The molecule has 0 aromatic rings. The van der Waals surface area contributed by atoms with Crippen LogP contribution in [0.2, 0.25) is 0 Å². The molecule has 0 aliphatic heterocycles. The van der Waals surface area contributed by atoms with Gasteiger partial charge in [0.1, 0.15) is 6.42 Å². The normalized spacial score (nSPS) is 7.60. The first-order chi connectivity index (χ1) is 4.04. The molecular weight excluding hydrogens is 135 g/mol. The Labute approximate surface area is 68.2 Å². The van der Waals surface area contributed by atoms with Crippen LogP contribution in [0.15, 0.2) is 0 Å². The van der Waals surface area contributed by atoms with E-state index >= 15 is 0 Å². The van der Waals surface area contributed by atoms with Crippen molar-refractivity contribution >= 4 is 36.6 Å². The molecule has 0 heterocycles. The number of aliphatic carboxylic acids is 2. The summed E-state index contributed by atoms with van der Waals surface area (Å²) in [6, 6.07) is 0. The van der Waals surface area contributed by atoms with Crippen LogP contribution in [-0.2, 0) is 14.4 Å². The molecule has 5 nitrogen and oxygen atoms in total. The average Bonchev–Trinajstić information content (AvgIpc) is 1.63. The maximum atomic E-state index is 9.97. The molecule has 0 spiro atoms. The molecule has 0 fully saturated rings. The van der Waals surface area contributed by atoms with E-state index in [1.165, 1.54) is 0 Å². The zero-order chi connectivity index (χ0) is 7.44. The fourth-order valence-corrected chi connectivity index (χ4v) is 0.213. The molecule has 0 saturated heterocycles. The van der Waals surface area contributed by atoms with E-state index in [9.17, 15) is 14.4 Å². The summed E-state index contributed by atoms with van der Waals surface area (Å²) in [6.45, 7) is 0. The number of carboxylic acids is 2. The van der Waals surface area contributed by atoms with Crippen molar-refractivity contribution in [2.24, 2.45) is 0 Å². The first-order valence-corrected chi connectivity index (χ1v) is 2.02. The first kappa shape index (κ1) is 11.9. The predicted octanol–water partition coefficient (Wildman–Crippen LogP) is -1.27. The zero-order valence-corrected chi connectivity index (χ0v) is 5.33. The Morgan fingerprint density at radius 3 is 1.60 bits per heavy atom. The van der Waals surface area contributed by atoms with Crippen molar-refractivity contribution in [3.8, 4) is 0 Å². The quantitative estimate of drug-likeness (QED) is 0.289. The van der Waals surface area contributed by atoms with Crippen LogP contribution in [0.3, 0.4) is 0 Å². The maximum absolute atomic E-state index is 9.97. The summed E-state index contributed by atoms with van der Waals surface area (Å²) in [6.07, 6.45) is -0.949. The number of ketones is 1. The van der Waals surface area contributed by atoms with Gasteiger partial charge in [-0.2, -0.15) is 0 Å². The molecule has 0 unspecified atom stereocenters. The third-order valence-electron chi connectivity index (χ3n) is 0.550. The van der Waals surface area contributed by atoms with E-state index in [1.54, 1.807) is 0 Å². The van der Waals surface area contributed by atoms with Crippen LogP contribution < -0.4 is 0 Å². The molecule has 0 amide bonds. The van der Waals surface area contributed by atoms with Gasteiger partial charge in [0.05, 0.1) is 0 Å². The van der Waals surface area contributed by atoms with Crippen LogP contribution in [0, 0.1) is 0 Å². The van der Waals surface area contributed by atoms with Gasteiger partial charge in [-0.15, -0.1) is 0 Å². The molecule has 0 saturated carbocycles. The van der Waals surface area contributed by atoms with Crippen molar-refractivity contribution in [3.05, 3.63) is 0 Å². The fourth-order valence-electron chi connectivity index (χ4n) is 0.213. The molecular formula is C4H4LiO5. The van der Waals surface area contributed by atoms with E-state index < -0.39 is 24.1 Å². The van der Waals surface area contributed by atoms with E-state index in [-0.39, 0.29) is 18.9 Å². The van der Waals surface area contributed by atoms with Crippen molar-refractivity contribution < 1.29 is 24.6 Å². The van der Waals surface area contributed by atoms with Crippen molar-refractivity contribution in [3.63, 3.8) is 0 Å². The van der Waals surface area contributed by atoms with Gasteiger partial charge >= 0.3 is 11.9 Å². The smallest absolute Gasteiger partial charge is 0.372 e. The molecule has 0 aromatic carbocycles. The van der Waals surface area contributed by atoms with Gasteiger partial charge in [-0.3, -0.25) is 9.59 Å². The number of carboxylic acid groups (broad SMARTS) is 2.